The standard InChI is InChI=1S/C34H40O16/c1-44-22-9-15(10-23(45-2)29(22)40)25-18(12-49-34-31(42)28(39)21(37)13-50-34)17(5-14-8-24(46-3)30(41)32(47-4)26(14)25)11-48-33(43)16-6-19(35)27(38)20(36)7-16/h6-10,17-18,21,25,28,31,34-42H,5,11-13H2,1-4H3/t17-,18-,21+,25+,28-,31+,34+/m0/s1. The fraction of sp³-hybridized carbons (Fsp3) is 0.441. The third kappa shape index (κ3) is 6.80. The number of rotatable bonds is 11. The summed E-state index contributed by atoms with van der Waals surface area (Å²) in [5.74, 6) is -5.61. The minimum absolute atomic E-state index is 0.0564. The largest absolute Gasteiger partial charge is 0.504 e. The number of carbonyl (C=O) groups excluding carboxylic acids is 1. The molecule has 1 fully saturated rings. The average Bonchev–Trinajstić information content (AvgIpc) is 3.11. The van der Waals surface area contributed by atoms with Gasteiger partial charge in [0.25, 0.3) is 0 Å². The summed E-state index contributed by atoms with van der Waals surface area (Å²) in [5.41, 5.74) is 1.35. The van der Waals surface area contributed by atoms with Crippen LogP contribution >= 0.6 is 0 Å². The Labute approximate surface area is 286 Å². The third-order valence-electron chi connectivity index (χ3n) is 9.10. The lowest BCUT2D eigenvalue weighted by Crippen LogP contribution is -2.54. The molecule has 16 nitrogen and oxygen atoms in total. The Balaban J connectivity index is 1.63. The number of aliphatic hydroxyl groups is 3. The van der Waals surface area contributed by atoms with Crippen molar-refractivity contribution in [2.24, 2.45) is 11.8 Å². The van der Waals surface area contributed by atoms with Crippen LogP contribution in [0.1, 0.15) is 33.0 Å². The first kappa shape index (κ1) is 36.4. The number of carbonyl (C=O) groups is 1. The zero-order valence-corrected chi connectivity index (χ0v) is 27.6. The summed E-state index contributed by atoms with van der Waals surface area (Å²) in [6, 6.07) is 6.60. The van der Waals surface area contributed by atoms with Gasteiger partial charge in [-0.05, 0) is 53.8 Å². The average molecular weight is 705 g/mol. The van der Waals surface area contributed by atoms with Crippen molar-refractivity contribution in [3.05, 3.63) is 52.6 Å². The van der Waals surface area contributed by atoms with E-state index in [1.165, 1.54) is 28.4 Å². The quantitative estimate of drug-likeness (QED) is 0.104. The Morgan fingerprint density at radius 2 is 1.36 bits per heavy atom. The fourth-order valence-corrected chi connectivity index (χ4v) is 6.52. The van der Waals surface area contributed by atoms with Crippen molar-refractivity contribution < 1.29 is 78.8 Å². The number of esters is 1. The van der Waals surface area contributed by atoms with Crippen LogP contribution in [-0.2, 0) is 20.6 Å². The van der Waals surface area contributed by atoms with Gasteiger partial charge in [-0.1, -0.05) is 0 Å². The van der Waals surface area contributed by atoms with E-state index in [0.29, 0.717) is 16.7 Å². The summed E-state index contributed by atoms with van der Waals surface area (Å²) >= 11 is 0. The number of aliphatic hydroxyl groups excluding tert-OH is 3. The lowest BCUT2D eigenvalue weighted by atomic mass is 9.66. The van der Waals surface area contributed by atoms with Crippen molar-refractivity contribution in [1.82, 2.24) is 0 Å². The second-order valence-corrected chi connectivity index (χ2v) is 12.0. The van der Waals surface area contributed by atoms with E-state index in [9.17, 15) is 45.6 Å². The Kier molecular flexibility index (Phi) is 10.9. The highest BCUT2D eigenvalue weighted by Crippen LogP contribution is 2.55. The minimum atomic E-state index is -1.61. The number of hydrogen-bond donors (Lipinski definition) is 8. The van der Waals surface area contributed by atoms with E-state index < -0.39 is 65.6 Å². The van der Waals surface area contributed by atoms with Gasteiger partial charge >= 0.3 is 5.97 Å². The van der Waals surface area contributed by atoms with Crippen molar-refractivity contribution in [3.63, 3.8) is 0 Å². The van der Waals surface area contributed by atoms with Gasteiger partial charge in [-0.15, -0.1) is 0 Å². The molecular weight excluding hydrogens is 664 g/mol. The SMILES string of the molecule is COc1cc([C@H]2c3c(cc(OC)c(O)c3OC)C[C@@H](COC(=O)c3cc(O)c(O)c(O)c3)[C@@H]2CO[C@@H]2OC[C@@H](O)[C@H](O)[C@H]2O)cc(OC)c1O. The van der Waals surface area contributed by atoms with Crippen molar-refractivity contribution in [3.8, 4) is 51.7 Å². The molecule has 0 bridgehead atoms. The van der Waals surface area contributed by atoms with Crippen molar-refractivity contribution in [2.45, 2.75) is 36.9 Å². The molecule has 5 rings (SSSR count). The van der Waals surface area contributed by atoms with Gasteiger partial charge in [-0.3, -0.25) is 0 Å². The summed E-state index contributed by atoms with van der Waals surface area (Å²) in [5, 5.41) is 82.5. The van der Waals surface area contributed by atoms with Crippen LogP contribution in [0.5, 0.6) is 51.7 Å². The molecular formula is C34H40O16. The maximum atomic E-state index is 13.2. The third-order valence-corrected chi connectivity index (χ3v) is 9.10. The summed E-state index contributed by atoms with van der Waals surface area (Å²) in [6.45, 7) is -0.821. The molecule has 2 aliphatic rings. The molecule has 1 aliphatic heterocycles. The molecule has 7 atom stereocenters. The van der Waals surface area contributed by atoms with Crippen LogP contribution in [-0.4, -0.2) is 120 Å². The van der Waals surface area contributed by atoms with Crippen LogP contribution in [0.3, 0.4) is 0 Å². The maximum Gasteiger partial charge on any atom is 0.338 e. The fourth-order valence-electron chi connectivity index (χ4n) is 6.52. The van der Waals surface area contributed by atoms with Gasteiger partial charge in [0.2, 0.25) is 11.5 Å². The molecule has 0 amide bonds. The van der Waals surface area contributed by atoms with Gasteiger partial charge in [0, 0.05) is 17.4 Å². The van der Waals surface area contributed by atoms with Gasteiger partial charge in [0.1, 0.15) is 18.3 Å². The molecule has 0 aromatic heterocycles. The minimum Gasteiger partial charge on any atom is -0.504 e. The Hall–Kier alpha value is -4.87. The number of aromatic hydroxyl groups is 5. The van der Waals surface area contributed by atoms with Gasteiger partial charge in [0.05, 0.1) is 53.8 Å². The monoisotopic (exact) mass is 704 g/mol. The Morgan fingerprint density at radius 1 is 0.760 bits per heavy atom. The summed E-state index contributed by atoms with van der Waals surface area (Å²) < 4.78 is 39.2. The molecule has 0 radical (unpaired) electrons. The molecule has 0 unspecified atom stereocenters. The van der Waals surface area contributed by atoms with Gasteiger partial charge in [-0.2, -0.15) is 0 Å². The first-order valence-corrected chi connectivity index (χ1v) is 15.5. The Bertz CT molecular complexity index is 1660. The predicted octanol–water partition coefficient (Wildman–Crippen LogP) is 1.48. The second-order valence-electron chi connectivity index (χ2n) is 12.0. The molecule has 3 aromatic carbocycles. The Morgan fingerprint density at radius 3 is 1.94 bits per heavy atom. The van der Waals surface area contributed by atoms with Gasteiger partial charge < -0.3 is 74.0 Å². The molecule has 50 heavy (non-hydrogen) atoms. The van der Waals surface area contributed by atoms with E-state index in [-0.39, 0.29) is 66.3 Å². The van der Waals surface area contributed by atoms with Gasteiger partial charge in [-0.25, -0.2) is 4.79 Å². The van der Waals surface area contributed by atoms with E-state index in [4.69, 9.17) is 33.2 Å². The highest BCUT2D eigenvalue weighted by molar-refractivity contribution is 5.91. The molecule has 1 heterocycles. The molecule has 0 spiro atoms. The highest BCUT2D eigenvalue weighted by atomic mass is 16.7. The number of ether oxygens (including phenoxy) is 7. The lowest BCUT2D eigenvalue weighted by Gasteiger charge is -2.42. The van der Waals surface area contributed by atoms with E-state index in [0.717, 1.165) is 12.1 Å². The number of benzene rings is 3. The summed E-state index contributed by atoms with van der Waals surface area (Å²) in [7, 11) is 5.45. The molecule has 1 saturated heterocycles. The normalized spacial score (nSPS) is 24.6. The van der Waals surface area contributed by atoms with Crippen LogP contribution in [0.2, 0.25) is 0 Å². The molecule has 16 heteroatoms. The van der Waals surface area contributed by atoms with Crippen LogP contribution in [0.25, 0.3) is 0 Å². The van der Waals surface area contributed by atoms with E-state index in [1.54, 1.807) is 18.2 Å². The van der Waals surface area contributed by atoms with Crippen molar-refractivity contribution in [1.29, 1.82) is 0 Å². The number of methoxy groups -OCH3 is 4. The molecule has 272 valence electrons. The highest BCUT2D eigenvalue weighted by Gasteiger charge is 2.45. The van der Waals surface area contributed by atoms with Crippen molar-refractivity contribution in [2.75, 3.05) is 48.3 Å². The van der Waals surface area contributed by atoms with Crippen molar-refractivity contribution >= 4 is 5.97 Å². The zero-order valence-electron chi connectivity index (χ0n) is 27.6. The zero-order chi connectivity index (χ0) is 36.4. The topological polar surface area (TPSA) is 244 Å². The lowest BCUT2D eigenvalue weighted by molar-refractivity contribution is -0.274. The molecule has 0 saturated carbocycles. The number of phenolic OH excluding ortho intramolecular Hbond substituents is 5. The predicted molar refractivity (Wildman–Crippen MR) is 170 cm³/mol. The van der Waals surface area contributed by atoms with E-state index >= 15 is 0 Å². The number of fused-ring (bicyclic) bond motifs is 1. The molecule has 3 aromatic rings. The van der Waals surface area contributed by atoms with Crippen LogP contribution in [0, 0.1) is 11.8 Å². The van der Waals surface area contributed by atoms with E-state index in [2.05, 4.69) is 0 Å². The van der Waals surface area contributed by atoms with Crippen LogP contribution < -0.4 is 18.9 Å². The summed E-state index contributed by atoms with van der Waals surface area (Å²) in [6.07, 6.45) is -5.69. The maximum absolute atomic E-state index is 13.2. The second kappa shape index (κ2) is 14.9. The first-order valence-electron chi connectivity index (χ1n) is 15.5. The van der Waals surface area contributed by atoms with Crippen LogP contribution in [0.4, 0.5) is 0 Å². The first-order chi connectivity index (χ1) is 23.8. The smallest absolute Gasteiger partial charge is 0.338 e. The molecule has 8 N–H and O–H groups in total. The van der Waals surface area contributed by atoms with E-state index in [1.807, 2.05) is 0 Å². The number of phenols is 5. The molecule has 1 aliphatic carbocycles. The van der Waals surface area contributed by atoms with Gasteiger partial charge in [0.15, 0.2) is 46.5 Å². The van der Waals surface area contributed by atoms with Crippen LogP contribution in [0.15, 0.2) is 30.3 Å². The summed E-state index contributed by atoms with van der Waals surface area (Å²) in [4.78, 5) is 13.2. The number of hydrogen-bond acceptors (Lipinski definition) is 16.